The minimum Gasteiger partial charge on any atom is -0.494 e. The van der Waals surface area contributed by atoms with E-state index in [0.29, 0.717) is 6.42 Å². The first-order valence-electron chi connectivity index (χ1n) is 5.00. The van der Waals surface area contributed by atoms with Gasteiger partial charge in [0.1, 0.15) is 0 Å². The van der Waals surface area contributed by atoms with E-state index >= 15 is 0 Å². The van der Waals surface area contributed by atoms with Gasteiger partial charge in [0.25, 0.3) is 0 Å². The van der Waals surface area contributed by atoms with Crippen molar-refractivity contribution in [2.75, 3.05) is 7.11 Å². The van der Waals surface area contributed by atoms with Gasteiger partial charge >= 0.3 is 0 Å². The summed E-state index contributed by atoms with van der Waals surface area (Å²) < 4.78 is 18.1. The summed E-state index contributed by atoms with van der Waals surface area (Å²) in [6.07, 6.45) is 0.296. The number of rotatable bonds is 2. The molecule has 0 aromatic heterocycles. The molecule has 1 saturated heterocycles. The first-order valence-corrected chi connectivity index (χ1v) is 5.00. The van der Waals surface area contributed by atoms with E-state index in [-0.39, 0.29) is 23.7 Å². The van der Waals surface area contributed by atoms with Crippen LogP contribution in [0.2, 0.25) is 0 Å². The number of amides is 1. The predicted molar refractivity (Wildman–Crippen MR) is 56.4 cm³/mol. The van der Waals surface area contributed by atoms with Crippen molar-refractivity contribution in [3.63, 3.8) is 0 Å². The monoisotopic (exact) mass is 224 g/mol. The molecule has 1 aliphatic rings. The Hall–Kier alpha value is -1.62. The van der Waals surface area contributed by atoms with Crippen LogP contribution in [-0.2, 0) is 4.79 Å². The van der Waals surface area contributed by atoms with Crippen molar-refractivity contribution in [2.24, 2.45) is 5.73 Å². The molecule has 3 N–H and O–H groups in total. The molecule has 1 aromatic carbocycles. The van der Waals surface area contributed by atoms with Crippen molar-refractivity contribution in [3.05, 3.63) is 29.6 Å². The van der Waals surface area contributed by atoms with E-state index in [2.05, 4.69) is 5.32 Å². The Labute approximate surface area is 92.6 Å². The van der Waals surface area contributed by atoms with Crippen LogP contribution < -0.4 is 15.8 Å². The van der Waals surface area contributed by atoms with E-state index in [1.54, 1.807) is 12.1 Å². The first-order chi connectivity index (χ1) is 7.61. The minimum absolute atomic E-state index is 0.0826. The van der Waals surface area contributed by atoms with Gasteiger partial charge in [0.2, 0.25) is 5.91 Å². The van der Waals surface area contributed by atoms with Crippen molar-refractivity contribution in [3.8, 4) is 5.75 Å². The third-order valence-corrected chi connectivity index (χ3v) is 2.70. The van der Waals surface area contributed by atoms with Gasteiger partial charge in [-0.2, -0.15) is 0 Å². The van der Waals surface area contributed by atoms with Gasteiger partial charge in [-0.1, -0.05) is 6.07 Å². The van der Waals surface area contributed by atoms with E-state index in [1.165, 1.54) is 13.2 Å². The van der Waals surface area contributed by atoms with Gasteiger partial charge in [-0.3, -0.25) is 4.79 Å². The summed E-state index contributed by atoms with van der Waals surface area (Å²) in [5.41, 5.74) is 6.57. The van der Waals surface area contributed by atoms with Crippen molar-refractivity contribution in [1.29, 1.82) is 0 Å². The molecule has 2 atom stereocenters. The second-order valence-corrected chi connectivity index (χ2v) is 3.81. The maximum Gasteiger partial charge on any atom is 0.222 e. The summed E-state index contributed by atoms with van der Waals surface area (Å²) in [4.78, 5) is 11.2. The standard InChI is InChI=1S/C11H13FN2O2/c1-16-9-4-6(2-3-7(9)12)11-8(13)5-10(15)14-11/h2-4,8,11H,5,13H2,1H3,(H,14,15)/t8-,11+/m1/s1. The lowest BCUT2D eigenvalue weighted by Gasteiger charge is -2.16. The van der Waals surface area contributed by atoms with Crippen molar-refractivity contribution < 1.29 is 13.9 Å². The number of ether oxygens (including phenoxy) is 1. The largest absolute Gasteiger partial charge is 0.494 e. The molecule has 1 aliphatic heterocycles. The zero-order chi connectivity index (χ0) is 11.7. The molecule has 1 fully saturated rings. The zero-order valence-corrected chi connectivity index (χ0v) is 8.87. The summed E-state index contributed by atoms with van der Waals surface area (Å²) in [6.45, 7) is 0. The maximum absolute atomic E-state index is 13.2. The Morgan fingerprint density at radius 1 is 1.56 bits per heavy atom. The summed E-state index contributed by atoms with van der Waals surface area (Å²) >= 11 is 0. The molecule has 0 unspecified atom stereocenters. The normalized spacial score (nSPS) is 24.3. The van der Waals surface area contributed by atoms with Crippen LogP contribution in [0.15, 0.2) is 18.2 Å². The number of methoxy groups -OCH3 is 1. The molecule has 0 bridgehead atoms. The van der Waals surface area contributed by atoms with Gasteiger partial charge < -0.3 is 15.8 Å². The molecule has 1 amide bonds. The second kappa shape index (κ2) is 4.09. The average Bonchev–Trinajstić information content (AvgIpc) is 2.59. The van der Waals surface area contributed by atoms with E-state index in [4.69, 9.17) is 10.5 Å². The molecule has 0 radical (unpaired) electrons. The van der Waals surface area contributed by atoms with Crippen LogP contribution in [-0.4, -0.2) is 19.1 Å². The van der Waals surface area contributed by atoms with Crippen LogP contribution >= 0.6 is 0 Å². The number of halogens is 1. The number of carbonyl (C=O) groups excluding carboxylic acids is 1. The lowest BCUT2D eigenvalue weighted by molar-refractivity contribution is -0.119. The molecule has 2 rings (SSSR count). The number of nitrogens with two attached hydrogens (primary N) is 1. The Bertz CT molecular complexity index is 422. The number of carbonyl (C=O) groups is 1. The summed E-state index contributed by atoms with van der Waals surface area (Å²) in [5, 5.41) is 2.75. The topological polar surface area (TPSA) is 64.3 Å². The van der Waals surface area contributed by atoms with Gasteiger partial charge in [0.05, 0.1) is 13.2 Å². The SMILES string of the molecule is COc1cc([C@@H]2NC(=O)C[C@H]2N)ccc1F. The molecule has 4 nitrogen and oxygen atoms in total. The Kier molecular flexibility index (Phi) is 2.78. The molecule has 16 heavy (non-hydrogen) atoms. The molecule has 1 aromatic rings. The number of hydrogen-bond donors (Lipinski definition) is 2. The number of benzene rings is 1. The Morgan fingerprint density at radius 3 is 2.88 bits per heavy atom. The van der Waals surface area contributed by atoms with Crippen LogP contribution in [0.4, 0.5) is 4.39 Å². The van der Waals surface area contributed by atoms with Crippen molar-refractivity contribution in [1.82, 2.24) is 5.32 Å². The van der Waals surface area contributed by atoms with Crippen LogP contribution in [0.5, 0.6) is 5.75 Å². The fourth-order valence-corrected chi connectivity index (χ4v) is 1.87. The van der Waals surface area contributed by atoms with Crippen molar-refractivity contribution in [2.45, 2.75) is 18.5 Å². The highest BCUT2D eigenvalue weighted by Crippen LogP contribution is 2.27. The van der Waals surface area contributed by atoms with E-state index < -0.39 is 5.82 Å². The maximum atomic E-state index is 13.2. The quantitative estimate of drug-likeness (QED) is 0.778. The van der Waals surface area contributed by atoms with Crippen LogP contribution in [0.1, 0.15) is 18.0 Å². The van der Waals surface area contributed by atoms with E-state index in [9.17, 15) is 9.18 Å². The van der Waals surface area contributed by atoms with Gasteiger partial charge in [0, 0.05) is 12.5 Å². The molecule has 0 spiro atoms. The highest BCUT2D eigenvalue weighted by atomic mass is 19.1. The van der Waals surface area contributed by atoms with Gasteiger partial charge in [-0.15, -0.1) is 0 Å². The second-order valence-electron chi connectivity index (χ2n) is 3.81. The van der Waals surface area contributed by atoms with Crippen LogP contribution in [0.3, 0.4) is 0 Å². The Balaban J connectivity index is 2.30. The smallest absolute Gasteiger partial charge is 0.222 e. The molecule has 1 heterocycles. The lowest BCUT2D eigenvalue weighted by atomic mass is 10.0. The minimum atomic E-state index is -0.427. The first kappa shape index (κ1) is 10.9. The van der Waals surface area contributed by atoms with Gasteiger partial charge in [0.15, 0.2) is 11.6 Å². The average molecular weight is 224 g/mol. The molecule has 5 heteroatoms. The summed E-state index contributed by atoms with van der Waals surface area (Å²) in [5.74, 6) is -0.351. The molecule has 0 saturated carbocycles. The molecular formula is C11H13FN2O2. The summed E-state index contributed by atoms with van der Waals surface area (Å²) in [7, 11) is 1.40. The third-order valence-electron chi connectivity index (χ3n) is 2.70. The van der Waals surface area contributed by atoms with Gasteiger partial charge in [-0.05, 0) is 17.7 Å². The third kappa shape index (κ3) is 1.86. The van der Waals surface area contributed by atoms with E-state index in [0.717, 1.165) is 5.56 Å². The van der Waals surface area contributed by atoms with Gasteiger partial charge in [-0.25, -0.2) is 4.39 Å². The van der Waals surface area contributed by atoms with Crippen LogP contribution in [0.25, 0.3) is 0 Å². The zero-order valence-electron chi connectivity index (χ0n) is 8.87. The number of nitrogens with one attached hydrogen (secondary N) is 1. The molecule has 0 aliphatic carbocycles. The van der Waals surface area contributed by atoms with Crippen LogP contribution in [0, 0.1) is 5.82 Å². The highest BCUT2D eigenvalue weighted by Gasteiger charge is 2.30. The molecule has 86 valence electrons. The fraction of sp³-hybridized carbons (Fsp3) is 0.364. The molecular weight excluding hydrogens is 211 g/mol. The number of hydrogen-bond acceptors (Lipinski definition) is 3. The summed E-state index contributed by atoms with van der Waals surface area (Å²) in [6, 6.07) is 3.94. The highest BCUT2D eigenvalue weighted by molar-refractivity contribution is 5.80. The predicted octanol–water partition coefficient (Wildman–Crippen LogP) is 0.723. The van der Waals surface area contributed by atoms with E-state index in [1.807, 2.05) is 0 Å². The fourth-order valence-electron chi connectivity index (χ4n) is 1.87. The van der Waals surface area contributed by atoms with Crippen molar-refractivity contribution >= 4 is 5.91 Å². The lowest BCUT2D eigenvalue weighted by Crippen LogP contribution is -2.28. The Morgan fingerprint density at radius 2 is 2.31 bits per heavy atom.